The zero-order valence-electron chi connectivity index (χ0n) is 18.4. The SMILES string of the molecule is Cc1ccccc1Cn1ccc(NC(=O)CSc2nc(-c3ccc(F)cc3)cc(C(F)(F)F)n2)n1. The molecule has 0 spiro atoms. The van der Waals surface area contributed by atoms with E-state index in [-0.39, 0.29) is 16.6 Å². The Bertz CT molecular complexity index is 1340. The van der Waals surface area contributed by atoms with Crippen LogP contribution in [-0.4, -0.2) is 31.4 Å². The molecule has 2 heterocycles. The molecule has 0 aliphatic rings. The Hall–Kier alpha value is -3.73. The molecule has 0 aliphatic heterocycles. The molecule has 0 saturated heterocycles. The van der Waals surface area contributed by atoms with Crippen LogP contribution in [0.4, 0.5) is 23.4 Å². The second-order valence-electron chi connectivity index (χ2n) is 7.59. The smallest absolute Gasteiger partial charge is 0.308 e. The van der Waals surface area contributed by atoms with Crippen LogP contribution in [0.1, 0.15) is 16.8 Å². The molecule has 35 heavy (non-hydrogen) atoms. The summed E-state index contributed by atoms with van der Waals surface area (Å²) < 4.78 is 54.9. The first kappa shape index (κ1) is 24.4. The summed E-state index contributed by atoms with van der Waals surface area (Å²) in [6.45, 7) is 2.53. The molecule has 0 radical (unpaired) electrons. The number of halogens is 4. The summed E-state index contributed by atoms with van der Waals surface area (Å²) in [5.74, 6) is -0.900. The van der Waals surface area contributed by atoms with Crippen molar-refractivity contribution < 1.29 is 22.4 Å². The number of hydrogen-bond acceptors (Lipinski definition) is 5. The van der Waals surface area contributed by atoms with E-state index in [4.69, 9.17) is 0 Å². The number of benzene rings is 2. The van der Waals surface area contributed by atoms with Crippen molar-refractivity contribution in [2.45, 2.75) is 24.8 Å². The molecule has 0 fully saturated rings. The number of nitrogens with zero attached hydrogens (tertiary/aromatic N) is 4. The molecule has 6 nitrogen and oxygen atoms in total. The average Bonchev–Trinajstić information content (AvgIpc) is 3.25. The number of carbonyl (C=O) groups excluding carboxylic acids is 1. The van der Waals surface area contributed by atoms with E-state index in [1.807, 2.05) is 31.2 Å². The van der Waals surface area contributed by atoms with E-state index < -0.39 is 23.6 Å². The molecule has 0 bridgehead atoms. The van der Waals surface area contributed by atoms with Gasteiger partial charge in [0.2, 0.25) is 5.91 Å². The Morgan fingerprint density at radius 1 is 1.06 bits per heavy atom. The summed E-state index contributed by atoms with van der Waals surface area (Å²) >= 11 is 0.759. The standard InChI is InChI=1S/C24H19F4N5OS/c1-15-4-2-3-5-17(15)13-33-11-10-21(32-33)31-22(34)14-35-23-29-19(12-20(30-23)24(26,27)28)16-6-8-18(25)9-7-16/h2-12H,13-14H2,1H3,(H,31,32,34). The fourth-order valence-corrected chi connectivity index (χ4v) is 3.85. The van der Waals surface area contributed by atoms with Crippen LogP contribution in [0.2, 0.25) is 0 Å². The summed E-state index contributed by atoms with van der Waals surface area (Å²) in [7, 11) is 0. The summed E-state index contributed by atoms with van der Waals surface area (Å²) in [5.41, 5.74) is 1.33. The fourth-order valence-electron chi connectivity index (χ4n) is 3.19. The normalized spacial score (nSPS) is 11.5. The molecular formula is C24H19F4N5OS. The van der Waals surface area contributed by atoms with Crippen molar-refractivity contribution in [2.24, 2.45) is 0 Å². The minimum atomic E-state index is -4.71. The quantitative estimate of drug-likeness (QED) is 0.203. The van der Waals surface area contributed by atoms with Crippen LogP contribution in [0.25, 0.3) is 11.3 Å². The monoisotopic (exact) mass is 501 g/mol. The highest BCUT2D eigenvalue weighted by atomic mass is 32.2. The van der Waals surface area contributed by atoms with Crippen molar-refractivity contribution in [1.82, 2.24) is 19.7 Å². The predicted octanol–water partition coefficient (Wildman–Crippen LogP) is 5.59. The van der Waals surface area contributed by atoms with Gasteiger partial charge in [0, 0.05) is 17.8 Å². The molecule has 0 unspecified atom stereocenters. The second kappa shape index (κ2) is 10.3. The number of thioether (sulfide) groups is 1. The minimum Gasteiger partial charge on any atom is -0.308 e. The van der Waals surface area contributed by atoms with Crippen molar-refractivity contribution in [1.29, 1.82) is 0 Å². The van der Waals surface area contributed by atoms with Gasteiger partial charge in [-0.25, -0.2) is 14.4 Å². The van der Waals surface area contributed by atoms with Crippen LogP contribution < -0.4 is 5.32 Å². The van der Waals surface area contributed by atoms with Crippen LogP contribution >= 0.6 is 11.8 Å². The largest absolute Gasteiger partial charge is 0.433 e. The Morgan fingerprint density at radius 3 is 2.51 bits per heavy atom. The number of carbonyl (C=O) groups is 1. The van der Waals surface area contributed by atoms with Gasteiger partial charge in [0.15, 0.2) is 11.0 Å². The minimum absolute atomic E-state index is 0.0230. The van der Waals surface area contributed by atoms with Crippen LogP contribution in [0.5, 0.6) is 0 Å². The summed E-state index contributed by atoms with van der Waals surface area (Å²) in [6, 6.07) is 15.2. The molecule has 2 aromatic carbocycles. The van der Waals surface area contributed by atoms with Gasteiger partial charge in [-0.2, -0.15) is 18.3 Å². The van der Waals surface area contributed by atoms with Crippen molar-refractivity contribution in [3.8, 4) is 11.3 Å². The third-order valence-electron chi connectivity index (χ3n) is 4.97. The lowest BCUT2D eigenvalue weighted by Crippen LogP contribution is -2.16. The molecule has 0 atom stereocenters. The highest BCUT2D eigenvalue weighted by molar-refractivity contribution is 7.99. The maximum Gasteiger partial charge on any atom is 0.433 e. The van der Waals surface area contributed by atoms with Gasteiger partial charge >= 0.3 is 6.18 Å². The number of amides is 1. The first-order chi connectivity index (χ1) is 16.7. The van der Waals surface area contributed by atoms with E-state index in [0.29, 0.717) is 17.9 Å². The highest BCUT2D eigenvalue weighted by Gasteiger charge is 2.34. The van der Waals surface area contributed by atoms with Gasteiger partial charge in [-0.3, -0.25) is 9.48 Å². The van der Waals surface area contributed by atoms with Crippen LogP contribution in [0, 0.1) is 12.7 Å². The van der Waals surface area contributed by atoms with E-state index in [0.717, 1.165) is 41.1 Å². The Kier molecular flexibility index (Phi) is 7.15. The van der Waals surface area contributed by atoms with Gasteiger partial charge in [-0.05, 0) is 48.4 Å². The summed E-state index contributed by atoms with van der Waals surface area (Å²) in [5, 5.41) is 6.71. The molecule has 180 valence electrons. The molecule has 4 rings (SSSR count). The van der Waals surface area contributed by atoms with Crippen LogP contribution in [0.15, 0.2) is 72.0 Å². The van der Waals surface area contributed by atoms with E-state index in [1.165, 1.54) is 12.1 Å². The van der Waals surface area contributed by atoms with E-state index in [1.54, 1.807) is 16.9 Å². The van der Waals surface area contributed by atoms with Gasteiger partial charge in [-0.1, -0.05) is 36.0 Å². The molecule has 2 aromatic heterocycles. The topological polar surface area (TPSA) is 72.7 Å². The zero-order chi connectivity index (χ0) is 25.0. The average molecular weight is 502 g/mol. The molecular weight excluding hydrogens is 482 g/mol. The number of aryl methyl sites for hydroxylation is 1. The van der Waals surface area contributed by atoms with E-state index >= 15 is 0 Å². The Balaban J connectivity index is 1.43. The number of hydrogen-bond donors (Lipinski definition) is 1. The lowest BCUT2D eigenvalue weighted by molar-refractivity contribution is -0.141. The van der Waals surface area contributed by atoms with E-state index in [2.05, 4.69) is 20.4 Å². The Labute approximate surface area is 202 Å². The van der Waals surface area contributed by atoms with Crippen molar-refractivity contribution >= 4 is 23.5 Å². The molecule has 0 saturated carbocycles. The summed E-state index contributed by atoms with van der Waals surface area (Å²) in [6.07, 6.45) is -2.99. The lowest BCUT2D eigenvalue weighted by Gasteiger charge is -2.10. The molecule has 0 aliphatic carbocycles. The molecule has 11 heteroatoms. The van der Waals surface area contributed by atoms with Gasteiger partial charge in [0.05, 0.1) is 18.0 Å². The number of alkyl halides is 3. The number of aromatic nitrogens is 4. The van der Waals surface area contributed by atoms with Crippen molar-refractivity contribution in [2.75, 3.05) is 11.1 Å². The summed E-state index contributed by atoms with van der Waals surface area (Å²) in [4.78, 5) is 20.0. The van der Waals surface area contributed by atoms with Gasteiger partial charge in [0.25, 0.3) is 0 Å². The van der Waals surface area contributed by atoms with Gasteiger partial charge < -0.3 is 5.32 Å². The first-order valence-corrected chi connectivity index (χ1v) is 11.4. The second-order valence-corrected chi connectivity index (χ2v) is 8.53. The lowest BCUT2D eigenvalue weighted by atomic mass is 10.1. The number of rotatable bonds is 7. The van der Waals surface area contributed by atoms with E-state index in [9.17, 15) is 22.4 Å². The van der Waals surface area contributed by atoms with Crippen LogP contribution in [-0.2, 0) is 17.5 Å². The van der Waals surface area contributed by atoms with Crippen molar-refractivity contribution in [3.05, 3.63) is 89.5 Å². The number of nitrogens with one attached hydrogen (secondary N) is 1. The zero-order valence-corrected chi connectivity index (χ0v) is 19.2. The number of anilines is 1. The highest BCUT2D eigenvalue weighted by Crippen LogP contribution is 2.32. The van der Waals surface area contributed by atoms with Crippen LogP contribution in [0.3, 0.4) is 0 Å². The fraction of sp³-hybridized carbons (Fsp3) is 0.167. The molecule has 1 amide bonds. The molecule has 1 N–H and O–H groups in total. The van der Waals surface area contributed by atoms with Crippen molar-refractivity contribution in [3.63, 3.8) is 0 Å². The third-order valence-corrected chi connectivity index (χ3v) is 5.82. The van der Waals surface area contributed by atoms with Gasteiger partial charge in [0.1, 0.15) is 11.5 Å². The molecule has 4 aromatic rings. The first-order valence-electron chi connectivity index (χ1n) is 10.4. The van der Waals surface area contributed by atoms with Gasteiger partial charge in [-0.15, -0.1) is 0 Å². The maximum atomic E-state index is 13.3. The Morgan fingerprint density at radius 2 is 1.80 bits per heavy atom. The third kappa shape index (κ3) is 6.44. The predicted molar refractivity (Wildman–Crippen MR) is 124 cm³/mol. The maximum absolute atomic E-state index is 13.3.